The molecule has 0 aromatic heterocycles. The van der Waals surface area contributed by atoms with Gasteiger partial charge in [0.25, 0.3) is 0 Å². The minimum atomic E-state index is 0.412. The lowest BCUT2D eigenvalue weighted by molar-refractivity contribution is 0.810. The zero-order chi connectivity index (χ0) is 9.80. The first-order valence-corrected chi connectivity index (χ1v) is 5.11. The number of rotatable bonds is 2. The van der Waals surface area contributed by atoms with Crippen molar-refractivity contribution in [3.05, 3.63) is 42.0 Å². The third kappa shape index (κ3) is 2.32. The highest BCUT2D eigenvalue weighted by atomic mass is 14.8. The minimum Gasteiger partial charge on any atom is -0.287 e. The summed E-state index contributed by atoms with van der Waals surface area (Å²) < 4.78 is 0. The average molecular weight is 185 g/mol. The smallest absolute Gasteiger partial charge is 0.0685 e. The molecule has 14 heavy (non-hydrogen) atoms. The summed E-state index contributed by atoms with van der Waals surface area (Å²) in [5.74, 6) is 0. The van der Waals surface area contributed by atoms with Gasteiger partial charge in [0.15, 0.2) is 0 Å². The van der Waals surface area contributed by atoms with Gasteiger partial charge >= 0.3 is 0 Å². The summed E-state index contributed by atoms with van der Waals surface area (Å²) in [6.07, 6.45) is 6.69. The Balaban J connectivity index is 2.01. The maximum atomic E-state index is 4.53. The molecule has 1 aromatic carbocycles. The monoisotopic (exact) mass is 185 g/mol. The summed E-state index contributed by atoms with van der Waals surface area (Å²) in [5.41, 5.74) is 2.54. The fourth-order valence-electron chi connectivity index (χ4n) is 1.69. The van der Waals surface area contributed by atoms with Gasteiger partial charge in [-0.25, -0.2) is 0 Å². The number of hydrogen-bond donors (Lipinski definition) is 0. The molecule has 1 atom stereocenters. The molecule has 0 spiro atoms. The third-order valence-corrected chi connectivity index (χ3v) is 2.50. The van der Waals surface area contributed by atoms with Gasteiger partial charge in [0.05, 0.1) is 6.04 Å². The van der Waals surface area contributed by atoms with Crippen LogP contribution in [-0.4, -0.2) is 11.8 Å². The molecule has 1 unspecified atom stereocenters. The zero-order valence-electron chi connectivity index (χ0n) is 8.48. The summed E-state index contributed by atoms with van der Waals surface area (Å²) in [6, 6.07) is 10.8. The molecule has 0 radical (unpaired) electrons. The van der Waals surface area contributed by atoms with Gasteiger partial charge in [-0.1, -0.05) is 42.5 Å². The summed E-state index contributed by atoms with van der Waals surface area (Å²) in [6.45, 7) is 2.11. The van der Waals surface area contributed by atoms with Crippen molar-refractivity contribution < 1.29 is 0 Å². The molecule has 2 rings (SSSR count). The number of benzene rings is 1. The van der Waals surface area contributed by atoms with E-state index in [1.54, 1.807) is 0 Å². The molecule has 0 fully saturated rings. The van der Waals surface area contributed by atoms with Crippen molar-refractivity contribution in [3.63, 3.8) is 0 Å². The van der Waals surface area contributed by atoms with Crippen LogP contribution in [0.15, 0.2) is 41.4 Å². The van der Waals surface area contributed by atoms with Crippen LogP contribution < -0.4 is 0 Å². The number of hydrogen-bond acceptors (Lipinski definition) is 1. The number of nitrogens with zero attached hydrogens (tertiary/aromatic N) is 1. The minimum absolute atomic E-state index is 0.412. The fourth-order valence-corrected chi connectivity index (χ4v) is 1.69. The van der Waals surface area contributed by atoms with E-state index in [0.29, 0.717) is 6.04 Å². The molecule has 0 aliphatic carbocycles. The van der Waals surface area contributed by atoms with Gasteiger partial charge in [-0.3, -0.25) is 4.99 Å². The molecule has 1 heterocycles. The molecule has 0 bridgehead atoms. The van der Waals surface area contributed by atoms with Gasteiger partial charge in [-0.05, 0) is 25.3 Å². The van der Waals surface area contributed by atoms with Crippen molar-refractivity contribution in [1.29, 1.82) is 0 Å². The first-order chi connectivity index (χ1) is 6.84. The Hall–Kier alpha value is -1.37. The van der Waals surface area contributed by atoms with E-state index < -0.39 is 0 Å². The molecule has 0 amide bonds. The van der Waals surface area contributed by atoms with Crippen molar-refractivity contribution in [1.82, 2.24) is 0 Å². The second-order valence-electron chi connectivity index (χ2n) is 3.74. The first kappa shape index (κ1) is 9.20. The lowest BCUT2D eigenvalue weighted by Gasteiger charge is -1.97. The standard InChI is InChI=1S/C13H15N/c1-11-7-9-13(14-11)10-8-12-5-3-2-4-6-12/h2-6,8,10,13H,7,9H2,1H3/b10-8+. The van der Waals surface area contributed by atoms with Gasteiger partial charge in [-0.15, -0.1) is 0 Å². The van der Waals surface area contributed by atoms with Crippen LogP contribution in [0.3, 0.4) is 0 Å². The maximum Gasteiger partial charge on any atom is 0.0685 e. The van der Waals surface area contributed by atoms with Crippen LogP contribution in [0.5, 0.6) is 0 Å². The van der Waals surface area contributed by atoms with Crippen molar-refractivity contribution in [2.24, 2.45) is 4.99 Å². The normalized spacial score (nSPS) is 21.5. The van der Waals surface area contributed by atoms with Crippen molar-refractivity contribution in [3.8, 4) is 0 Å². The van der Waals surface area contributed by atoms with E-state index in [2.05, 4.69) is 48.3 Å². The van der Waals surface area contributed by atoms with Gasteiger partial charge in [0.1, 0.15) is 0 Å². The molecule has 1 nitrogen and oxygen atoms in total. The van der Waals surface area contributed by atoms with E-state index in [-0.39, 0.29) is 0 Å². The third-order valence-electron chi connectivity index (χ3n) is 2.50. The van der Waals surface area contributed by atoms with E-state index in [9.17, 15) is 0 Å². The van der Waals surface area contributed by atoms with Gasteiger partial charge in [0, 0.05) is 5.71 Å². The van der Waals surface area contributed by atoms with E-state index in [1.165, 1.54) is 17.7 Å². The van der Waals surface area contributed by atoms with Crippen LogP contribution in [-0.2, 0) is 0 Å². The maximum absolute atomic E-state index is 4.53. The fraction of sp³-hybridized carbons (Fsp3) is 0.308. The van der Waals surface area contributed by atoms with E-state index in [1.807, 2.05) is 6.07 Å². The predicted octanol–water partition coefficient (Wildman–Crippen LogP) is 3.32. The summed E-state index contributed by atoms with van der Waals surface area (Å²) in [4.78, 5) is 4.53. The van der Waals surface area contributed by atoms with Crippen LogP contribution >= 0.6 is 0 Å². The summed E-state index contributed by atoms with van der Waals surface area (Å²) >= 11 is 0. The van der Waals surface area contributed by atoms with Gasteiger partial charge in [0.2, 0.25) is 0 Å². The quantitative estimate of drug-likeness (QED) is 0.670. The second kappa shape index (κ2) is 4.23. The topological polar surface area (TPSA) is 12.4 Å². The van der Waals surface area contributed by atoms with Crippen molar-refractivity contribution >= 4 is 11.8 Å². The highest BCUT2D eigenvalue weighted by Crippen LogP contribution is 2.15. The lowest BCUT2D eigenvalue weighted by Crippen LogP contribution is -1.91. The number of aliphatic imine (C=N–C) groups is 1. The molecule has 72 valence electrons. The molecular formula is C13H15N. The van der Waals surface area contributed by atoms with E-state index in [0.717, 1.165) is 6.42 Å². The Labute approximate surface area is 85.2 Å². The SMILES string of the molecule is CC1=NC(/C=C/c2ccccc2)CC1. The molecule has 1 aliphatic rings. The Kier molecular flexibility index (Phi) is 2.78. The molecule has 1 aliphatic heterocycles. The largest absolute Gasteiger partial charge is 0.287 e. The van der Waals surface area contributed by atoms with Crippen molar-refractivity contribution in [2.45, 2.75) is 25.8 Å². The Morgan fingerprint density at radius 1 is 1.29 bits per heavy atom. The molecule has 1 heteroatoms. The highest BCUT2D eigenvalue weighted by Gasteiger charge is 2.10. The van der Waals surface area contributed by atoms with Crippen LogP contribution in [0.1, 0.15) is 25.3 Å². The summed E-state index contributed by atoms with van der Waals surface area (Å²) in [5, 5.41) is 0. The molecule has 1 aromatic rings. The van der Waals surface area contributed by atoms with Crippen molar-refractivity contribution in [2.75, 3.05) is 0 Å². The lowest BCUT2D eigenvalue weighted by atomic mass is 10.1. The second-order valence-corrected chi connectivity index (χ2v) is 3.74. The summed E-state index contributed by atoms with van der Waals surface area (Å²) in [7, 11) is 0. The highest BCUT2D eigenvalue weighted by molar-refractivity contribution is 5.84. The molecular weight excluding hydrogens is 170 g/mol. The molecule has 0 saturated heterocycles. The van der Waals surface area contributed by atoms with E-state index >= 15 is 0 Å². The van der Waals surface area contributed by atoms with Crippen LogP contribution in [0.4, 0.5) is 0 Å². The van der Waals surface area contributed by atoms with Crippen LogP contribution in [0.25, 0.3) is 6.08 Å². The molecule has 0 N–H and O–H groups in total. The Morgan fingerprint density at radius 2 is 2.07 bits per heavy atom. The first-order valence-electron chi connectivity index (χ1n) is 5.11. The Morgan fingerprint density at radius 3 is 2.71 bits per heavy atom. The van der Waals surface area contributed by atoms with Gasteiger partial charge in [-0.2, -0.15) is 0 Å². The van der Waals surface area contributed by atoms with Gasteiger partial charge < -0.3 is 0 Å². The Bertz CT molecular complexity index is 349. The predicted molar refractivity (Wildman–Crippen MR) is 61.6 cm³/mol. The van der Waals surface area contributed by atoms with Crippen LogP contribution in [0, 0.1) is 0 Å². The molecule has 0 saturated carbocycles. The zero-order valence-corrected chi connectivity index (χ0v) is 8.48. The average Bonchev–Trinajstić information content (AvgIpc) is 2.63. The van der Waals surface area contributed by atoms with E-state index in [4.69, 9.17) is 0 Å². The van der Waals surface area contributed by atoms with Crippen LogP contribution in [0.2, 0.25) is 0 Å².